The van der Waals surface area contributed by atoms with Crippen LogP contribution in [0.3, 0.4) is 0 Å². The van der Waals surface area contributed by atoms with Crippen LogP contribution in [-0.4, -0.2) is 11.1 Å². The third kappa shape index (κ3) is 1.36. The second kappa shape index (κ2) is 3.55. The number of rotatable bonds is 1. The highest BCUT2D eigenvalue weighted by Gasteiger charge is 2.14. The Bertz CT molecular complexity index is 409. The monoisotopic (exact) mass is 193 g/mol. The van der Waals surface area contributed by atoms with Gasteiger partial charge in [-0.2, -0.15) is 0 Å². The van der Waals surface area contributed by atoms with Gasteiger partial charge in [-0.05, 0) is 11.6 Å². The van der Waals surface area contributed by atoms with Crippen molar-refractivity contribution in [1.29, 1.82) is 0 Å². The highest BCUT2D eigenvalue weighted by Crippen LogP contribution is 2.12. The van der Waals surface area contributed by atoms with Crippen LogP contribution in [0, 0.1) is 0 Å². The van der Waals surface area contributed by atoms with E-state index in [-0.39, 0.29) is 5.56 Å². The summed E-state index contributed by atoms with van der Waals surface area (Å²) in [6.07, 6.45) is 0.923. The molecule has 0 aromatic carbocycles. The predicted octanol–water partition coefficient (Wildman–Crippen LogP) is -0.510. The number of aromatic nitrogens is 1. The molecule has 1 aliphatic rings. The molecule has 0 fully saturated rings. The van der Waals surface area contributed by atoms with Gasteiger partial charge in [-0.15, -0.1) is 0 Å². The fraction of sp³-hybridized carbons (Fsp3) is 0.500. The second-order valence-electron chi connectivity index (χ2n) is 3.64. The molecule has 3 N–H and O–H groups in total. The van der Waals surface area contributed by atoms with E-state index in [2.05, 4.69) is 5.32 Å². The van der Waals surface area contributed by atoms with Gasteiger partial charge in [-0.3, -0.25) is 4.79 Å². The molecular weight excluding hydrogens is 178 g/mol. The summed E-state index contributed by atoms with van der Waals surface area (Å²) in [4.78, 5) is 11.7. The molecule has 0 bridgehead atoms. The standard InChI is InChI=1S/C10H15N3O/c1-13-9-2-3-12-6-8(9)4-7(5-11)10(13)14/h4,12H,2-3,5-6,11H2,1H3. The predicted molar refractivity (Wildman–Crippen MR) is 55.0 cm³/mol. The average Bonchev–Trinajstić information content (AvgIpc) is 2.23. The quantitative estimate of drug-likeness (QED) is 0.631. The van der Waals surface area contributed by atoms with E-state index in [1.165, 1.54) is 5.56 Å². The SMILES string of the molecule is Cn1c2c(cc(CN)c1=O)CNCC2. The van der Waals surface area contributed by atoms with Crippen LogP contribution < -0.4 is 16.6 Å². The number of hydrogen-bond acceptors (Lipinski definition) is 3. The number of hydrogen-bond donors (Lipinski definition) is 2. The highest BCUT2D eigenvalue weighted by molar-refractivity contribution is 5.28. The van der Waals surface area contributed by atoms with Crippen LogP contribution >= 0.6 is 0 Å². The molecule has 76 valence electrons. The van der Waals surface area contributed by atoms with Crippen LogP contribution in [0.4, 0.5) is 0 Å². The lowest BCUT2D eigenvalue weighted by Crippen LogP contribution is -2.33. The zero-order chi connectivity index (χ0) is 10.1. The van der Waals surface area contributed by atoms with Crippen molar-refractivity contribution in [2.75, 3.05) is 6.54 Å². The van der Waals surface area contributed by atoms with E-state index >= 15 is 0 Å². The zero-order valence-corrected chi connectivity index (χ0v) is 8.34. The van der Waals surface area contributed by atoms with E-state index in [9.17, 15) is 4.79 Å². The summed E-state index contributed by atoms with van der Waals surface area (Å²) < 4.78 is 1.73. The normalized spacial score (nSPS) is 15.3. The Morgan fingerprint density at radius 2 is 2.43 bits per heavy atom. The molecule has 4 nitrogen and oxygen atoms in total. The second-order valence-corrected chi connectivity index (χ2v) is 3.64. The fourth-order valence-corrected chi connectivity index (χ4v) is 1.97. The molecule has 0 saturated carbocycles. The number of nitrogens with zero attached hydrogens (tertiary/aromatic N) is 1. The minimum Gasteiger partial charge on any atom is -0.326 e. The van der Waals surface area contributed by atoms with Crippen LogP contribution in [-0.2, 0) is 26.6 Å². The fourth-order valence-electron chi connectivity index (χ4n) is 1.97. The third-order valence-electron chi connectivity index (χ3n) is 2.78. The van der Waals surface area contributed by atoms with E-state index in [0.717, 1.165) is 25.2 Å². The van der Waals surface area contributed by atoms with Gasteiger partial charge in [0, 0.05) is 44.4 Å². The Kier molecular flexibility index (Phi) is 2.39. The first kappa shape index (κ1) is 9.43. The highest BCUT2D eigenvalue weighted by atomic mass is 16.1. The first-order valence-corrected chi connectivity index (χ1v) is 4.85. The molecule has 0 atom stereocenters. The molecule has 0 spiro atoms. The minimum atomic E-state index is 0.0492. The van der Waals surface area contributed by atoms with Crippen LogP contribution in [0.25, 0.3) is 0 Å². The van der Waals surface area contributed by atoms with E-state index in [4.69, 9.17) is 5.73 Å². The molecule has 0 saturated heterocycles. The number of pyridine rings is 1. The first-order valence-electron chi connectivity index (χ1n) is 4.85. The first-order chi connectivity index (χ1) is 6.74. The number of nitrogens with one attached hydrogen (secondary N) is 1. The summed E-state index contributed by atoms with van der Waals surface area (Å²) in [5.74, 6) is 0. The summed E-state index contributed by atoms with van der Waals surface area (Å²) in [6, 6.07) is 1.93. The van der Waals surface area contributed by atoms with Crippen molar-refractivity contribution in [3.63, 3.8) is 0 Å². The van der Waals surface area contributed by atoms with Gasteiger partial charge < -0.3 is 15.6 Å². The van der Waals surface area contributed by atoms with Gasteiger partial charge in [0.15, 0.2) is 0 Å². The van der Waals surface area contributed by atoms with E-state index in [1.54, 1.807) is 4.57 Å². The molecule has 1 aromatic rings. The van der Waals surface area contributed by atoms with E-state index < -0.39 is 0 Å². The molecule has 0 amide bonds. The molecule has 14 heavy (non-hydrogen) atoms. The third-order valence-corrected chi connectivity index (χ3v) is 2.78. The smallest absolute Gasteiger partial charge is 0.254 e. The molecule has 1 aromatic heterocycles. The summed E-state index contributed by atoms with van der Waals surface area (Å²) in [5, 5.41) is 3.28. The maximum absolute atomic E-state index is 11.7. The van der Waals surface area contributed by atoms with Crippen molar-refractivity contribution in [2.45, 2.75) is 19.5 Å². The van der Waals surface area contributed by atoms with Crippen molar-refractivity contribution >= 4 is 0 Å². The van der Waals surface area contributed by atoms with E-state index in [0.29, 0.717) is 12.1 Å². The van der Waals surface area contributed by atoms with Crippen molar-refractivity contribution in [2.24, 2.45) is 12.8 Å². The molecule has 4 heteroatoms. The summed E-state index contributed by atoms with van der Waals surface area (Å²) >= 11 is 0. The Morgan fingerprint density at radius 3 is 3.14 bits per heavy atom. The van der Waals surface area contributed by atoms with Crippen LogP contribution in [0.1, 0.15) is 16.8 Å². The zero-order valence-electron chi connectivity index (χ0n) is 8.34. The van der Waals surface area contributed by atoms with Gasteiger partial charge in [-0.1, -0.05) is 0 Å². The Morgan fingerprint density at radius 1 is 1.64 bits per heavy atom. The maximum atomic E-state index is 11.7. The van der Waals surface area contributed by atoms with Gasteiger partial charge in [0.25, 0.3) is 5.56 Å². The van der Waals surface area contributed by atoms with Crippen molar-refractivity contribution in [3.05, 3.63) is 33.2 Å². The minimum absolute atomic E-state index is 0.0492. The molecule has 2 heterocycles. The Balaban J connectivity index is 2.63. The molecule has 0 radical (unpaired) electrons. The van der Waals surface area contributed by atoms with E-state index in [1.807, 2.05) is 13.1 Å². The van der Waals surface area contributed by atoms with Gasteiger partial charge in [0.05, 0.1) is 0 Å². The van der Waals surface area contributed by atoms with Crippen molar-refractivity contribution in [3.8, 4) is 0 Å². The largest absolute Gasteiger partial charge is 0.326 e. The summed E-state index contributed by atoms with van der Waals surface area (Å²) in [7, 11) is 1.83. The Labute approximate surface area is 82.7 Å². The number of nitrogens with two attached hydrogens (primary N) is 1. The lowest BCUT2D eigenvalue weighted by molar-refractivity contribution is 0.594. The van der Waals surface area contributed by atoms with Crippen LogP contribution in [0.5, 0.6) is 0 Å². The van der Waals surface area contributed by atoms with Gasteiger partial charge in [0.2, 0.25) is 0 Å². The van der Waals surface area contributed by atoms with Crippen molar-refractivity contribution < 1.29 is 0 Å². The lowest BCUT2D eigenvalue weighted by atomic mass is 10.0. The number of fused-ring (bicyclic) bond motifs is 1. The van der Waals surface area contributed by atoms with Gasteiger partial charge in [0.1, 0.15) is 0 Å². The van der Waals surface area contributed by atoms with Crippen LogP contribution in [0.2, 0.25) is 0 Å². The maximum Gasteiger partial charge on any atom is 0.254 e. The Hall–Kier alpha value is -1.13. The molecule has 2 rings (SSSR count). The summed E-state index contributed by atoms with van der Waals surface area (Å²) in [5.41, 5.74) is 8.62. The van der Waals surface area contributed by atoms with Crippen LogP contribution in [0.15, 0.2) is 10.9 Å². The van der Waals surface area contributed by atoms with Gasteiger partial charge >= 0.3 is 0 Å². The topological polar surface area (TPSA) is 60.0 Å². The molecule has 0 unspecified atom stereocenters. The molecule has 0 aliphatic carbocycles. The van der Waals surface area contributed by atoms with Crippen molar-refractivity contribution in [1.82, 2.24) is 9.88 Å². The van der Waals surface area contributed by atoms with Gasteiger partial charge in [-0.25, -0.2) is 0 Å². The lowest BCUT2D eigenvalue weighted by Gasteiger charge is -2.20. The summed E-state index contributed by atoms with van der Waals surface area (Å²) in [6.45, 7) is 2.11. The average molecular weight is 193 g/mol. The molecular formula is C10H15N3O. The molecule has 1 aliphatic heterocycles.